The molecule has 0 fully saturated rings. The van der Waals surface area contributed by atoms with Crippen molar-refractivity contribution in [3.63, 3.8) is 0 Å². The predicted molar refractivity (Wildman–Crippen MR) is 130 cm³/mol. The summed E-state index contributed by atoms with van der Waals surface area (Å²) in [4.78, 5) is 26.7. The molecule has 0 unspecified atom stereocenters. The number of nitrogens with two attached hydrogens (primary N) is 1. The van der Waals surface area contributed by atoms with E-state index in [9.17, 15) is 9.90 Å². The second-order valence-electron chi connectivity index (χ2n) is 8.10. The first-order valence-corrected chi connectivity index (χ1v) is 11.0. The topological polar surface area (TPSA) is 136 Å². The molecule has 10 heteroatoms. The van der Waals surface area contributed by atoms with Crippen LogP contribution in [0.25, 0.3) is 28.0 Å². The molecule has 0 saturated carbocycles. The molecule has 4 N–H and O–H groups in total. The fourth-order valence-electron chi connectivity index (χ4n) is 3.98. The average Bonchev–Trinajstić information content (AvgIpc) is 3.21. The lowest BCUT2D eigenvalue weighted by atomic mass is 10.00. The fraction of sp³-hybridized carbons (Fsp3) is 0.160. The second kappa shape index (κ2) is 8.99. The van der Waals surface area contributed by atoms with Gasteiger partial charge in [-0.1, -0.05) is 36.4 Å². The maximum atomic E-state index is 13.4. The molecule has 5 rings (SSSR count). The number of hydrogen-bond acceptors (Lipinski definition) is 7. The molecule has 0 spiro atoms. The first kappa shape index (κ1) is 22.2. The zero-order chi connectivity index (χ0) is 24.5. The average molecular weight is 471 g/mol. The Balaban J connectivity index is 1.81. The largest absolute Gasteiger partial charge is 0.481 e. The van der Waals surface area contributed by atoms with Crippen LogP contribution in [0.4, 0.5) is 5.95 Å². The second-order valence-corrected chi connectivity index (χ2v) is 8.10. The molecule has 4 aromatic heterocycles. The summed E-state index contributed by atoms with van der Waals surface area (Å²) in [5.41, 5.74) is 11.2. The summed E-state index contributed by atoms with van der Waals surface area (Å²) in [6, 6.07) is 16.8. The van der Waals surface area contributed by atoms with E-state index < -0.39 is 0 Å². The highest BCUT2D eigenvalue weighted by molar-refractivity contribution is 5.89. The number of aryl methyl sites for hydroxylation is 1. The van der Waals surface area contributed by atoms with Gasteiger partial charge in [-0.2, -0.15) is 4.68 Å². The van der Waals surface area contributed by atoms with Crippen molar-refractivity contribution in [1.29, 1.82) is 0 Å². The number of aliphatic hydroxyl groups is 1. The van der Waals surface area contributed by atoms with Crippen LogP contribution in [0.3, 0.4) is 0 Å². The number of anilines is 1. The number of nitrogens with one attached hydrogen (secondary N) is 1. The Kier molecular flexibility index (Phi) is 5.71. The molecule has 1 aromatic carbocycles. The van der Waals surface area contributed by atoms with Crippen LogP contribution in [0.15, 0.2) is 65.6 Å². The number of fused-ring (bicyclic) bond motifs is 1. The summed E-state index contributed by atoms with van der Waals surface area (Å²) in [6.45, 7) is 1.90. The fourth-order valence-corrected chi connectivity index (χ4v) is 3.98. The first-order valence-electron chi connectivity index (χ1n) is 11.0. The van der Waals surface area contributed by atoms with Crippen LogP contribution in [0.2, 0.25) is 0 Å². The van der Waals surface area contributed by atoms with Crippen LogP contribution in [-0.4, -0.2) is 36.9 Å². The van der Waals surface area contributed by atoms with E-state index in [1.165, 1.54) is 16.2 Å². The van der Waals surface area contributed by atoms with Crippen molar-refractivity contribution in [2.45, 2.75) is 20.1 Å². The number of rotatable bonds is 6. The number of aromatic amines is 1. The molecular weight excluding hydrogens is 446 g/mol. The minimum absolute atomic E-state index is 0.0443. The molecule has 35 heavy (non-hydrogen) atoms. The highest BCUT2D eigenvalue weighted by Crippen LogP contribution is 2.34. The molecule has 0 aliphatic heterocycles. The number of pyridine rings is 2. The zero-order valence-electron chi connectivity index (χ0n) is 19.3. The van der Waals surface area contributed by atoms with Crippen molar-refractivity contribution in [2.24, 2.45) is 0 Å². The summed E-state index contributed by atoms with van der Waals surface area (Å²) in [6.07, 6.45) is 1.75. The summed E-state index contributed by atoms with van der Waals surface area (Å²) in [5, 5.41) is 13.0. The van der Waals surface area contributed by atoms with Crippen LogP contribution in [0.1, 0.15) is 17.0 Å². The van der Waals surface area contributed by atoms with E-state index in [4.69, 9.17) is 10.5 Å². The minimum Gasteiger partial charge on any atom is -0.481 e. The van der Waals surface area contributed by atoms with Crippen molar-refractivity contribution < 1.29 is 14.2 Å². The summed E-state index contributed by atoms with van der Waals surface area (Å²) in [7, 11) is 1.50. The Bertz CT molecular complexity index is 1550. The van der Waals surface area contributed by atoms with Crippen molar-refractivity contribution in [3.8, 4) is 28.3 Å². The number of benzene rings is 1. The molecule has 0 atom stereocenters. The number of nitrogen functional groups attached to an aromatic ring is 1. The smallest absolute Gasteiger partial charge is 0.428 e. The van der Waals surface area contributed by atoms with Crippen LogP contribution in [-0.2, 0) is 13.2 Å². The van der Waals surface area contributed by atoms with Gasteiger partial charge in [-0.25, -0.2) is 14.9 Å². The lowest BCUT2D eigenvalue weighted by Crippen LogP contribution is -2.44. The van der Waals surface area contributed by atoms with Crippen molar-refractivity contribution in [2.75, 3.05) is 12.8 Å². The van der Waals surface area contributed by atoms with E-state index in [1.54, 1.807) is 18.3 Å². The quantitative estimate of drug-likeness (QED) is 0.322. The Morgan fingerprint density at radius 2 is 1.89 bits per heavy atom. The molecule has 0 aliphatic carbocycles. The normalized spacial score (nSPS) is 11.2. The number of nitrogens with zero attached hydrogens (tertiary/aromatic N) is 5. The molecule has 5 aromatic rings. The van der Waals surface area contributed by atoms with Gasteiger partial charge in [0.2, 0.25) is 11.5 Å². The van der Waals surface area contributed by atoms with Crippen LogP contribution >= 0.6 is 0 Å². The van der Waals surface area contributed by atoms with E-state index in [-0.39, 0.29) is 24.8 Å². The van der Waals surface area contributed by atoms with Crippen molar-refractivity contribution in [1.82, 2.24) is 24.7 Å². The highest BCUT2D eigenvalue weighted by Gasteiger charge is 2.26. The molecule has 0 aliphatic rings. The predicted octanol–water partition coefficient (Wildman–Crippen LogP) is 1.87. The maximum Gasteiger partial charge on any atom is 0.428 e. The van der Waals surface area contributed by atoms with Gasteiger partial charge in [-0.3, -0.25) is 4.98 Å². The third-order valence-electron chi connectivity index (χ3n) is 5.67. The number of hydrogen-bond donors (Lipinski definition) is 3. The summed E-state index contributed by atoms with van der Waals surface area (Å²) < 4.78 is 8.13. The molecular formula is C25H24N7O3+. The van der Waals surface area contributed by atoms with Gasteiger partial charge in [0.1, 0.15) is 12.2 Å². The number of aliphatic hydroxyl groups excluding tert-OH is 1. The standard InChI is InChI=1S/C25H23N7O3/c1-15-8-9-18(27-12-15)13-31-25(34)32-23(30-31)21(17-10-19(14-33)28-20(11-17)35-2)22(29-24(32)26)16-6-4-3-5-7-16/h3-12,33H,13-14H2,1-2H3,(H2,26,28,29,30)/p+1. The van der Waals surface area contributed by atoms with Crippen LogP contribution in [0.5, 0.6) is 5.88 Å². The lowest BCUT2D eigenvalue weighted by molar-refractivity contribution is -0.516. The number of ether oxygens (including phenoxy) is 1. The SMILES string of the molecule is COc1cc(-c2c(-c3ccccc3)nc(N)[n+]3c(=O)n(Cc4ccc(C)cn4)[nH]c23)cc(CO)n1. The van der Waals surface area contributed by atoms with Gasteiger partial charge in [0.05, 0.1) is 30.7 Å². The Hall–Kier alpha value is -4.57. The van der Waals surface area contributed by atoms with Gasteiger partial charge in [-0.05, 0) is 30.2 Å². The van der Waals surface area contributed by atoms with Gasteiger partial charge < -0.3 is 15.6 Å². The molecule has 0 bridgehead atoms. The van der Waals surface area contributed by atoms with Gasteiger partial charge >= 0.3 is 11.6 Å². The minimum atomic E-state index is -0.378. The Morgan fingerprint density at radius 1 is 1.09 bits per heavy atom. The number of methoxy groups -OCH3 is 1. The van der Waals surface area contributed by atoms with Crippen molar-refractivity contribution >= 4 is 11.6 Å². The van der Waals surface area contributed by atoms with Gasteiger partial charge in [0.15, 0.2) is 0 Å². The number of aromatic nitrogens is 6. The maximum absolute atomic E-state index is 13.4. The summed E-state index contributed by atoms with van der Waals surface area (Å²) in [5.74, 6) is 0.369. The molecule has 10 nitrogen and oxygen atoms in total. The lowest BCUT2D eigenvalue weighted by Gasteiger charge is -2.11. The van der Waals surface area contributed by atoms with E-state index >= 15 is 0 Å². The summed E-state index contributed by atoms with van der Waals surface area (Å²) >= 11 is 0. The van der Waals surface area contributed by atoms with E-state index in [1.807, 2.05) is 49.4 Å². The molecule has 176 valence electrons. The van der Waals surface area contributed by atoms with Crippen LogP contribution < -0.4 is 20.6 Å². The Morgan fingerprint density at radius 3 is 2.57 bits per heavy atom. The third kappa shape index (κ3) is 4.11. The number of H-pyrrole nitrogens is 1. The van der Waals surface area contributed by atoms with E-state index in [0.29, 0.717) is 34.0 Å². The highest BCUT2D eigenvalue weighted by atomic mass is 16.5. The Labute approximate surface area is 200 Å². The van der Waals surface area contributed by atoms with Crippen molar-refractivity contribution in [3.05, 3.63) is 88.2 Å². The monoisotopic (exact) mass is 470 g/mol. The molecule has 0 amide bonds. The van der Waals surface area contributed by atoms with E-state index in [0.717, 1.165) is 16.8 Å². The zero-order valence-corrected chi connectivity index (χ0v) is 19.3. The molecule has 0 saturated heterocycles. The first-order chi connectivity index (χ1) is 17.0. The van der Waals surface area contributed by atoms with Gasteiger partial charge in [0.25, 0.3) is 0 Å². The van der Waals surface area contributed by atoms with Gasteiger partial charge in [0, 0.05) is 17.8 Å². The molecule has 0 radical (unpaired) electrons. The van der Waals surface area contributed by atoms with E-state index in [2.05, 4.69) is 20.1 Å². The third-order valence-corrected chi connectivity index (χ3v) is 5.67. The van der Waals surface area contributed by atoms with Crippen LogP contribution in [0, 0.1) is 6.92 Å². The van der Waals surface area contributed by atoms with Gasteiger partial charge in [-0.15, -0.1) is 9.38 Å². The molecule has 4 heterocycles.